The average Bonchev–Trinajstić information content (AvgIpc) is 2.13. The van der Waals surface area contributed by atoms with Crippen LogP contribution < -0.4 is 5.73 Å². The summed E-state index contributed by atoms with van der Waals surface area (Å²) in [6.45, 7) is 0.624. The average molecular weight is 258 g/mol. The summed E-state index contributed by atoms with van der Waals surface area (Å²) in [7, 11) is 0. The third-order valence-electron chi connectivity index (χ3n) is 1.45. The third-order valence-corrected chi connectivity index (χ3v) is 2.88. The van der Waals surface area contributed by atoms with E-state index >= 15 is 0 Å². The molecule has 0 aromatic heterocycles. The summed E-state index contributed by atoms with van der Waals surface area (Å²) in [5.41, 5.74) is 5.33. The van der Waals surface area contributed by atoms with E-state index in [9.17, 15) is 0 Å². The number of hydrogen-bond acceptors (Lipinski definition) is 2. The van der Waals surface area contributed by atoms with Crippen molar-refractivity contribution < 1.29 is 0 Å². The molecule has 0 atom stereocenters. The van der Waals surface area contributed by atoms with Crippen LogP contribution in [0, 0.1) is 0 Å². The van der Waals surface area contributed by atoms with E-state index in [0.717, 1.165) is 10.2 Å². The van der Waals surface area contributed by atoms with E-state index in [0.29, 0.717) is 6.54 Å². The van der Waals surface area contributed by atoms with Gasteiger partial charge in [-0.1, -0.05) is 34.1 Å². The van der Waals surface area contributed by atoms with Gasteiger partial charge in [-0.15, -0.1) is 11.8 Å². The molecule has 70 valence electrons. The van der Waals surface area contributed by atoms with Crippen molar-refractivity contribution in [1.29, 1.82) is 0 Å². The molecule has 0 aliphatic carbocycles. The van der Waals surface area contributed by atoms with Crippen molar-refractivity contribution in [1.82, 2.24) is 0 Å². The van der Waals surface area contributed by atoms with Crippen LogP contribution in [0.1, 0.15) is 0 Å². The quantitative estimate of drug-likeness (QED) is 0.663. The predicted octanol–water partition coefficient (Wildman–Crippen LogP) is 3.06. The summed E-state index contributed by atoms with van der Waals surface area (Å²) in [6.07, 6.45) is 4.07. The van der Waals surface area contributed by atoms with Gasteiger partial charge in [0.15, 0.2) is 0 Å². The first kappa shape index (κ1) is 10.8. The molecule has 1 aromatic rings. The summed E-state index contributed by atoms with van der Waals surface area (Å²) in [4.78, 5) is 1.27. The summed E-state index contributed by atoms with van der Waals surface area (Å²) < 4.78 is 1.13. The van der Waals surface area contributed by atoms with Crippen LogP contribution >= 0.6 is 27.7 Å². The molecule has 3 heteroatoms. The van der Waals surface area contributed by atoms with Crippen LogP contribution in [0.4, 0.5) is 0 Å². The smallest absolute Gasteiger partial charge is 0.0186 e. The molecule has 0 radical (unpaired) electrons. The van der Waals surface area contributed by atoms with Crippen LogP contribution in [-0.4, -0.2) is 12.3 Å². The zero-order chi connectivity index (χ0) is 9.52. The molecule has 0 saturated carbocycles. The van der Waals surface area contributed by atoms with Crippen LogP contribution in [0.3, 0.4) is 0 Å². The highest BCUT2D eigenvalue weighted by atomic mass is 79.9. The first-order chi connectivity index (χ1) is 6.33. The molecule has 0 aliphatic rings. The highest BCUT2D eigenvalue weighted by molar-refractivity contribution is 9.10. The SMILES string of the molecule is NCC=CCSc1cccc(Br)c1. The molecule has 1 aromatic carbocycles. The number of nitrogens with two attached hydrogens (primary N) is 1. The standard InChI is InChI=1S/C10H12BrNS/c11-9-4-3-5-10(8-9)13-7-2-1-6-12/h1-5,8H,6-7,12H2. The maximum Gasteiger partial charge on any atom is 0.0186 e. The van der Waals surface area contributed by atoms with E-state index in [1.165, 1.54) is 4.90 Å². The largest absolute Gasteiger partial charge is 0.327 e. The van der Waals surface area contributed by atoms with Gasteiger partial charge in [-0.3, -0.25) is 0 Å². The molecular formula is C10H12BrNS. The van der Waals surface area contributed by atoms with Crippen LogP contribution in [-0.2, 0) is 0 Å². The van der Waals surface area contributed by atoms with Gasteiger partial charge in [0.05, 0.1) is 0 Å². The maximum absolute atomic E-state index is 5.33. The molecule has 0 spiro atoms. The number of rotatable bonds is 4. The third kappa shape index (κ3) is 4.50. The monoisotopic (exact) mass is 257 g/mol. The van der Waals surface area contributed by atoms with Gasteiger partial charge in [-0.25, -0.2) is 0 Å². The van der Waals surface area contributed by atoms with Crippen molar-refractivity contribution in [3.8, 4) is 0 Å². The van der Waals surface area contributed by atoms with Crippen molar-refractivity contribution in [2.75, 3.05) is 12.3 Å². The Morgan fingerprint density at radius 3 is 2.92 bits per heavy atom. The minimum Gasteiger partial charge on any atom is -0.327 e. The fourth-order valence-corrected chi connectivity index (χ4v) is 2.23. The van der Waals surface area contributed by atoms with Gasteiger partial charge >= 0.3 is 0 Å². The first-order valence-corrected chi connectivity index (χ1v) is 5.84. The van der Waals surface area contributed by atoms with E-state index in [4.69, 9.17) is 5.73 Å². The first-order valence-electron chi connectivity index (χ1n) is 4.06. The Morgan fingerprint density at radius 2 is 2.23 bits per heavy atom. The van der Waals surface area contributed by atoms with Crippen LogP contribution in [0.2, 0.25) is 0 Å². The summed E-state index contributed by atoms with van der Waals surface area (Å²) in [5.74, 6) is 0.980. The lowest BCUT2D eigenvalue weighted by atomic mass is 10.4. The lowest BCUT2D eigenvalue weighted by molar-refractivity contribution is 1.25. The second kappa shape index (κ2) is 6.24. The molecule has 0 aliphatic heterocycles. The molecule has 0 fully saturated rings. The zero-order valence-electron chi connectivity index (χ0n) is 7.24. The van der Waals surface area contributed by atoms with Crippen molar-refractivity contribution in [2.24, 2.45) is 5.73 Å². The van der Waals surface area contributed by atoms with Gasteiger partial charge in [-0.2, -0.15) is 0 Å². The Hall–Kier alpha value is -0.250. The van der Waals surface area contributed by atoms with E-state index in [2.05, 4.69) is 34.1 Å². The lowest BCUT2D eigenvalue weighted by Gasteiger charge is -1.97. The molecule has 0 saturated heterocycles. The molecule has 0 unspecified atom stereocenters. The molecule has 0 bridgehead atoms. The highest BCUT2D eigenvalue weighted by Gasteiger charge is 1.91. The Morgan fingerprint density at radius 1 is 1.38 bits per heavy atom. The van der Waals surface area contributed by atoms with E-state index < -0.39 is 0 Å². The van der Waals surface area contributed by atoms with Crippen molar-refractivity contribution in [3.05, 3.63) is 40.9 Å². The summed E-state index contributed by atoms with van der Waals surface area (Å²) >= 11 is 5.24. The molecule has 1 nitrogen and oxygen atoms in total. The molecule has 0 heterocycles. The summed E-state index contributed by atoms with van der Waals surface area (Å²) in [6, 6.07) is 8.28. The molecule has 13 heavy (non-hydrogen) atoms. The Labute approximate surface area is 91.5 Å². The Bertz CT molecular complexity index is 286. The number of benzene rings is 1. The van der Waals surface area contributed by atoms with Gasteiger partial charge in [0.1, 0.15) is 0 Å². The topological polar surface area (TPSA) is 26.0 Å². The molecule has 2 N–H and O–H groups in total. The maximum atomic E-state index is 5.33. The van der Waals surface area contributed by atoms with Crippen LogP contribution in [0.15, 0.2) is 45.8 Å². The number of halogens is 1. The summed E-state index contributed by atoms with van der Waals surface area (Å²) in [5, 5.41) is 0. The Balaban J connectivity index is 2.41. The predicted molar refractivity (Wildman–Crippen MR) is 63.1 cm³/mol. The number of hydrogen-bond donors (Lipinski definition) is 1. The minimum absolute atomic E-state index is 0.624. The van der Waals surface area contributed by atoms with Gasteiger partial charge in [0.2, 0.25) is 0 Å². The second-order valence-electron chi connectivity index (χ2n) is 2.48. The van der Waals surface area contributed by atoms with Gasteiger partial charge in [0, 0.05) is 21.7 Å². The zero-order valence-corrected chi connectivity index (χ0v) is 9.64. The normalized spacial score (nSPS) is 10.9. The molecule has 1 rings (SSSR count). The fraction of sp³-hybridized carbons (Fsp3) is 0.200. The number of thioether (sulfide) groups is 1. The van der Waals surface area contributed by atoms with Crippen molar-refractivity contribution in [2.45, 2.75) is 4.90 Å². The van der Waals surface area contributed by atoms with Gasteiger partial charge < -0.3 is 5.73 Å². The van der Waals surface area contributed by atoms with Gasteiger partial charge in [-0.05, 0) is 18.2 Å². The van der Waals surface area contributed by atoms with Crippen molar-refractivity contribution in [3.63, 3.8) is 0 Å². The second-order valence-corrected chi connectivity index (χ2v) is 4.48. The van der Waals surface area contributed by atoms with Crippen LogP contribution in [0.5, 0.6) is 0 Å². The minimum atomic E-state index is 0.624. The Kier molecular flexibility index (Phi) is 5.20. The highest BCUT2D eigenvalue weighted by Crippen LogP contribution is 2.21. The van der Waals surface area contributed by atoms with E-state index in [-0.39, 0.29) is 0 Å². The van der Waals surface area contributed by atoms with E-state index in [1.807, 2.05) is 18.2 Å². The van der Waals surface area contributed by atoms with Crippen molar-refractivity contribution >= 4 is 27.7 Å². The molecule has 0 amide bonds. The fourth-order valence-electron chi connectivity index (χ4n) is 0.865. The van der Waals surface area contributed by atoms with Gasteiger partial charge in [0.25, 0.3) is 0 Å². The molecular weight excluding hydrogens is 246 g/mol. The lowest BCUT2D eigenvalue weighted by Crippen LogP contribution is -1.92. The van der Waals surface area contributed by atoms with Crippen LogP contribution in [0.25, 0.3) is 0 Å². The van der Waals surface area contributed by atoms with E-state index in [1.54, 1.807) is 11.8 Å².